The highest BCUT2D eigenvalue weighted by atomic mass is 16.2. The van der Waals surface area contributed by atoms with Gasteiger partial charge in [-0.05, 0) is 19.4 Å². The molecule has 0 radical (unpaired) electrons. The SMILES string of the molecule is CC1(C#N)CC(C)(C)C(/C=C2/CC(C)(C)C(=O)N2)=N1. The van der Waals surface area contributed by atoms with Crippen molar-refractivity contribution in [3.8, 4) is 6.07 Å². The number of carbonyl (C=O) groups is 1. The Morgan fingerprint density at radius 3 is 2.32 bits per heavy atom. The summed E-state index contributed by atoms with van der Waals surface area (Å²) in [6.07, 6.45) is 3.37. The summed E-state index contributed by atoms with van der Waals surface area (Å²) in [4.78, 5) is 16.3. The Morgan fingerprint density at radius 2 is 1.89 bits per heavy atom. The van der Waals surface area contributed by atoms with E-state index in [0.29, 0.717) is 12.8 Å². The second kappa shape index (κ2) is 3.93. The molecule has 2 aliphatic rings. The lowest BCUT2D eigenvalue weighted by atomic mass is 9.80. The van der Waals surface area contributed by atoms with Crippen LogP contribution in [0.2, 0.25) is 0 Å². The summed E-state index contributed by atoms with van der Waals surface area (Å²) in [5.74, 6) is 0.0539. The summed E-state index contributed by atoms with van der Waals surface area (Å²) >= 11 is 0. The van der Waals surface area contributed by atoms with Gasteiger partial charge < -0.3 is 5.32 Å². The number of rotatable bonds is 1. The van der Waals surface area contributed by atoms with Crippen LogP contribution >= 0.6 is 0 Å². The average Bonchev–Trinajstić information content (AvgIpc) is 2.63. The third-order valence-electron chi connectivity index (χ3n) is 3.92. The van der Waals surface area contributed by atoms with Crippen LogP contribution in [0.25, 0.3) is 0 Å². The molecule has 1 atom stereocenters. The van der Waals surface area contributed by atoms with Crippen LogP contribution in [0.15, 0.2) is 16.8 Å². The number of allylic oxidation sites excluding steroid dienone is 2. The van der Waals surface area contributed by atoms with E-state index in [1.165, 1.54) is 0 Å². The number of hydrogen-bond acceptors (Lipinski definition) is 3. The van der Waals surface area contributed by atoms with Crippen LogP contribution in [0.1, 0.15) is 47.5 Å². The molecule has 2 rings (SSSR count). The molecule has 1 amide bonds. The van der Waals surface area contributed by atoms with Crippen LogP contribution in [0.3, 0.4) is 0 Å². The van der Waals surface area contributed by atoms with Gasteiger partial charge in [0, 0.05) is 28.7 Å². The molecule has 0 aromatic heterocycles. The molecule has 0 aliphatic carbocycles. The van der Waals surface area contributed by atoms with Crippen LogP contribution in [-0.2, 0) is 4.79 Å². The molecule has 2 heterocycles. The number of amides is 1. The molecule has 0 aromatic carbocycles. The van der Waals surface area contributed by atoms with Crippen molar-refractivity contribution >= 4 is 11.6 Å². The number of nitrogens with zero attached hydrogens (tertiary/aromatic N) is 2. The molecule has 102 valence electrons. The first-order valence-electron chi connectivity index (χ1n) is 6.62. The second-order valence-corrected chi connectivity index (χ2v) is 7.13. The highest BCUT2D eigenvalue weighted by Gasteiger charge is 2.43. The maximum atomic E-state index is 11.8. The van der Waals surface area contributed by atoms with E-state index >= 15 is 0 Å². The molecule has 0 aromatic rings. The third kappa shape index (κ3) is 2.42. The fraction of sp³-hybridized carbons (Fsp3) is 0.667. The summed E-state index contributed by atoms with van der Waals surface area (Å²) in [7, 11) is 0. The Morgan fingerprint density at radius 1 is 1.26 bits per heavy atom. The molecule has 1 N–H and O–H groups in total. The van der Waals surface area contributed by atoms with Gasteiger partial charge in [-0.2, -0.15) is 5.26 Å². The minimum absolute atomic E-state index is 0.0539. The normalized spacial score (nSPS) is 34.0. The van der Waals surface area contributed by atoms with E-state index in [1.54, 1.807) is 0 Å². The zero-order chi connectivity index (χ0) is 14.5. The van der Waals surface area contributed by atoms with Gasteiger partial charge in [0.25, 0.3) is 0 Å². The van der Waals surface area contributed by atoms with Crippen molar-refractivity contribution < 1.29 is 4.79 Å². The van der Waals surface area contributed by atoms with Crippen molar-refractivity contribution in [1.82, 2.24) is 5.32 Å². The minimum atomic E-state index is -0.645. The van der Waals surface area contributed by atoms with E-state index in [9.17, 15) is 10.1 Å². The Labute approximate surface area is 114 Å². The van der Waals surface area contributed by atoms with E-state index < -0.39 is 5.54 Å². The number of hydrogen-bond donors (Lipinski definition) is 1. The fourth-order valence-electron chi connectivity index (χ4n) is 2.87. The lowest BCUT2D eigenvalue weighted by Crippen LogP contribution is -2.25. The predicted octanol–water partition coefficient (Wildman–Crippen LogP) is 2.57. The maximum absolute atomic E-state index is 11.8. The summed E-state index contributed by atoms with van der Waals surface area (Å²) < 4.78 is 0. The van der Waals surface area contributed by atoms with Crippen LogP contribution in [-0.4, -0.2) is 17.2 Å². The lowest BCUT2D eigenvalue weighted by molar-refractivity contribution is -0.125. The van der Waals surface area contributed by atoms with E-state index in [0.717, 1.165) is 11.4 Å². The van der Waals surface area contributed by atoms with Gasteiger partial charge in [-0.3, -0.25) is 9.79 Å². The zero-order valence-electron chi connectivity index (χ0n) is 12.3. The van der Waals surface area contributed by atoms with Crippen LogP contribution in [0.5, 0.6) is 0 Å². The molecule has 4 nitrogen and oxygen atoms in total. The van der Waals surface area contributed by atoms with Crippen molar-refractivity contribution in [1.29, 1.82) is 5.26 Å². The summed E-state index contributed by atoms with van der Waals surface area (Å²) in [5, 5.41) is 12.1. The number of aliphatic imine (C=N–C) groups is 1. The number of carbonyl (C=O) groups excluding carboxylic acids is 1. The molecular formula is C15H21N3O. The first kappa shape index (κ1) is 13.8. The van der Waals surface area contributed by atoms with Gasteiger partial charge in [-0.25, -0.2) is 0 Å². The quantitative estimate of drug-likeness (QED) is 0.786. The molecular weight excluding hydrogens is 238 g/mol. The van der Waals surface area contributed by atoms with Crippen LogP contribution in [0, 0.1) is 22.2 Å². The molecule has 1 saturated heterocycles. The molecule has 2 aliphatic heterocycles. The molecule has 0 saturated carbocycles. The van der Waals surface area contributed by atoms with Crippen LogP contribution < -0.4 is 5.32 Å². The van der Waals surface area contributed by atoms with Crippen LogP contribution in [0.4, 0.5) is 0 Å². The number of nitriles is 1. The van der Waals surface area contributed by atoms with E-state index in [2.05, 4.69) is 30.2 Å². The van der Waals surface area contributed by atoms with E-state index in [1.807, 2.05) is 26.8 Å². The predicted molar refractivity (Wildman–Crippen MR) is 74.5 cm³/mol. The van der Waals surface area contributed by atoms with Gasteiger partial charge in [-0.1, -0.05) is 27.7 Å². The second-order valence-electron chi connectivity index (χ2n) is 7.13. The first-order chi connectivity index (χ1) is 8.58. The molecule has 0 bridgehead atoms. The average molecular weight is 259 g/mol. The monoisotopic (exact) mass is 259 g/mol. The molecule has 0 spiro atoms. The maximum Gasteiger partial charge on any atom is 0.230 e. The Hall–Kier alpha value is -1.63. The zero-order valence-corrected chi connectivity index (χ0v) is 12.3. The Balaban J connectivity index is 2.32. The van der Waals surface area contributed by atoms with E-state index in [4.69, 9.17) is 0 Å². The Kier molecular flexibility index (Phi) is 2.85. The highest BCUT2D eigenvalue weighted by molar-refractivity contribution is 6.02. The molecule has 1 fully saturated rings. The first-order valence-corrected chi connectivity index (χ1v) is 6.62. The summed E-state index contributed by atoms with van der Waals surface area (Å²) in [5.41, 5.74) is 0.685. The lowest BCUT2D eigenvalue weighted by Gasteiger charge is -2.20. The third-order valence-corrected chi connectivity index (χ3v) is 3.92. The fourth-order valence-corrected chi connectivity index (χ4v) is 2.87. The highest BCUT2D eigenvalue weighted by Crippen LogP contribution is 2.40. The topological polar surface area (TPSA) is 65.2 Å². The van der Waals surface area contributed by atoms with Crippen molar-refractivity contribution in [3.63, 3.8) is 0 Å². The summed E-state index contributed by atoms with van der Waals surface area (Å²) in [6.45, 7) is 9.91. The van der Waals surface area contributed by atoms with Crippen molar-refractivity contribution in [2.75, 3.05) is 0 Å². The molecule has 1 unspecified atom stereocenters. The molecule has 19 heavy (non-hydrogen) atoms. The van der Waals surface area contributed by atoms with Gasteiger partial charge in [0.1, 0.15) is 5.54 Å². The minimum Gasteiger partial charge on any atom is -0.329 e. The standard InChI is InChI=1S/C15H21N3O/c1-13(2)7-10(17-12(13)19)6-11-14(3,4)8-15(5,9-16)18-11/h6H,7-8H2,1-5H3,(H,17,19)/b10-6-. The molecule has 4 heteroatoms. The van der Waals surface area contributed by atoms with Crippen molar-refractivity contribution in [2.24, 2.45) is 15.8 Å². The van der Waals surface area contributed by atoms with Crippen molar-refractivity contribution in [3.05, 3.63) is 11.8 Å². The number of nitrogens with one attached hydrogen (secondary N) is 1. The smallest absolute Gasteiger partial charge is 0.230 e. The van der Waals surface area contributed by atoms with E-state index in [-0.39, 0.29) is 16.7 Å². The van der Waals surface area contributed by atoms with Crippen molar-refractivity contribution in [2.45, 2.75) is 53.0 Å². The van der Waals surface area contributed by atoms with Gasteiger partial charge >= 0.3 is 0 Å². The summed E-state index contributed by atoms with van der Waals surface area (Å²) in [6, 6.07) is 2.27. The van der Waals surface area contributed by atoms with Gasteiger partial charge in [0.15, 0.2) is 0 Å². The van der Waals surface area contributed by atoms with Gasteiger partial charge in [-0.15, -0.1) is 0 Å². The van der Waals surface area contributed by atoms with Gasteiger partial charge in [0.05, 0.1) is 6.07 Å². The van der Waals surface area contributed by atoms with Gasteiger partial charge in [0.2, 0.25) is 5.91 Å². The largest absolute Gasteiger partial charge is 0.329 e. The Bertz CT molecular complexity index is 534.